The lowest BCUT2D eigenvalue weighted by atomic mass is 10.1. The summed E-state index contributed by atoms with van der Waals surface area (Å²) in [4.78, 5) is 23.2. The van der Waals surface area contributed by atoms with Crippen LogP contribution >= 0.6 is 0 Å². The first kappa shape index (κ1) is 15.8. The van der Waals surface area contributed by atoms with Crippen molar-refractivity contribution < 1.29 is 9.34 Å². The van der Waals surface area contributed by atoms with Crippen LogP contribution in [0.2, 0.25) is 0 Å². The van der Waals surface area contributed by atoms with Gasteiger partial charge in [-0.2, -0.15) is 9.78 Å². The molecule has 0 unspecified atom stereocenters. The summed E-state index contributed by atoms with van der Waals surface area (Å²) in [6, 6.07) is 16.7. The highest BCUT2D eigenvalue weighted by atomic mass is 16.6. The van der Waals surface area contributed by atoms with Gasteiger partial charge in [-0.15, -0.1) is 0 Å². The summed E-state index contributed by atoms with van der Waals surface area (Å²) in [5.41, 5.74) is 1.69. The number of nitro benzene ring substituents is 1. The second-order valence-electron chi connectivity index (χ2n) is 5.80. The molecule has 0 aliphatic heterocycles. The third-order valence-corrected chi connectivity index (χ3v) is 4.08. The maximum Gasteiger partial charge on any atom is 0.271 e. The minimum absolute atomic E-state index is 0.0645. The molecular formula is C19H13N3O4. The number of nitrogens with zero attached hydrogens (tertiary/aromatic N) is 3. The summed E-state index contributed by atoms with van der Waals surface area (Å²) in [6.07, 6.45) is 0. The molecule has 2 aromatic carbocycles. The van der Waals surface area contributed by atoms with E-state index in [-0.39, 0.29) is 16.8 Å². The van der Waals surface area contributed by atoms with Gasteiger partial charge >= 0.3 is 0 Å². The molecule has 4 aromatic rings. The van der Waals surface area contributed by atoms with E-state index >= 15 is 0 Å². The molecule has 0 aliphatic rings. The van der Waals surface area contributed by atoms with Gasteiger partial charge in [0.15, 0.2) is 5.43 Å². The van der Waals surface area contributed by atoms with Crippen LogP contribution in [0.3, 0.4) is 0 Å². The van der Waals surface area contributed by atoms with Crippen molar-refractivity contribution >= 4 is 16.8 Å². The average molecular weight is 347 g/mol. The zero-order chi connectivity index (χ0) is 18.3. The molecule has 2 heterocycles. The summed E-state index contributed by atoms with van der Waals surface area (Å²) in [5.74, 6) is 0.412. The van der Waals surface area contributed by atoms with Crippen molar-refractivity contribution in [1.29, 1.82) is 0 Å². The van der Waals surface area contributed by atoms with Crippen LogP contribution in [0.1, 0.15) is 5.69 Å². The summed E-state index contributed by atoms with van der Waals surface area (Å²) in [6.45, 7) is 1.70. The van der Waals surface area contributed by atoms with Gasteiger partial charge in [-0.25, -0.2) is 0 Å². The van der Waals surface area contributed by atoms with E-state index in [0.717, 1.165) is 5.56 Å². The van der Waals surface area contributed by atoms with Crippen LogP contribution in [0, 0.1) is 17.0 Å². The number of hydrogen-bond donors (Lipinski definition) is 0. The van der Waals surface area contributed by atoms with Crippen LogP contribution in [0.15, 0.2) is 69.9 Å². The molecule has 7 heteroatoms. The molecule has 0 bridgehead atoms. The van der Waals surface area contributed by atoms with Gasteiger partial charge in [0.1, 0.15) is 11.1 Å². The van der Waals surface area contributed by atoms with Gasteiger partial charge in [0.25, 0.3) is 5.69 Å². The molecular weight excluding hydrogens is 334 g/mol. The van der Waals surface area contributed by atoms with Crippen molar-refractivity contribution in [2.45, 2.75) is 6.92 Å². The molecule has 0 N–H and O–H groups in total. The summed E-state index contributed by atoms with van der Waals surface area (Å²) < 4.78 is 7.39. The SMILES string of the molecule is Cc1nn(-c2cccc([N+](=O)[O-])c2)c2oc(-c3ccccc3)cc(=O)c12. The van der Waals surface area contributed by atoms with Gasteiger partial charge in [-0.3, -0.25) is 14.9 Å². The summed E-state index contributed by atoms with van der Waals surface area (Å²) in [7, 11) is 0. The molecule has 0 aliphatic carbocycles. The molecule has 0 fully saturated rings. The van der Waals surface area contributed by atoms with E-state index in [1.807, 2.05) is 30.3 Å². The van der Waals surface area contributed by atoms with Gasteiger partial charge in [0, 0.05) is 23.8 Å². The fraction of sp³-hybridized carbons (Fsp3) is 0.0526. The minimum Gasteiger partial charge on any atom is -0.437 e. The highest BCUT2D eigenvalue weighted by molar-refractivity contribution is 5.80. The highest BCUT2D eigenvalue weighted by Crippen LogP contribution is 2.26. The van der Waals surface area contributed by atoms with Crippen LogP contribution in [-0.2, 0) is 0 Å². The first-order chi connectivity index (χ1) is 12.5. The lowest BCUT2D eigenvalue weighted by Crippen LogP contribution is -2.02. The van der Waals surface area contributed by atoms with E-state index in [1.54, 1.807) is 19.1 Å². The molecule has 0 spiro atoms. The summed E-state index contributed by atoms with van der Waals surface area (Å²) in [5, 5.41) is 15.8. The number of non-ortho nitro benzene ring substituents is 1. The predicted octanol–water partition coefficient (Wildman–Crippen LogP) is 3.86. The largest absolute Gasteiger partial charge is 0.437 e. The molecule has 0 radical (unpaired) electrons. The molecule has 7 nitrogen and oxygen atoms in total. The minimum atomic E-state index is -0.479. The monoisotopic (exact) mass is 347 g/mol. The predicted molar refractivity (Wildman–Crippen MR) is 96.4 cm³/mol. The van der Waals surface area contributed by atoms with Crippen molar-refractivity contribution in [3.63, 3.8) is 0 Å². The van der Waals surface area contributed by atoms with Crippen molar-refractivity contribution in [3.05, 3.63) is 86.7 Å². The number of benzene rings is 2. The Labute approximate surface area is 147 Å². The van der Waals surface area contributed by atoms with E-state index < -0.39 is 4.92 Å². The van der Waals surface area contributed by atoms with E-state index in [2.05, 4.69) is 5.10 Å². The number of rotatable bonds is 3. The average Bonchev–Trinajstić information content (AvgIpc) is 2.99. The van der Waals surface area contributed by atoms with Gasteiger partial charge in [0.05, 0.1) is 16.3 Å². The fourth-order valence-electron chi connectivity index (χ4n) is 2.87. The summed E-state index contributed by atoms with van der Waals surface area (Å²) >= 11 is 0. The third kappa shape index (κ3) is 2.55. The molecule has 2 aromatic heterocycles. The number of aryl methyl sites for hydroxylation is 1. The van der Waals surface area contributed by atoms with Crippen molar-refractivity contribution in [2.24, 2.45) is 0 Å². The van der Waals surface area contributed by atoms with Crippen LogP contribution in [0.5, 0.6) is 0 Å². The Bertz CT molecular complexity index is 1190. The smallest absolute Gasteiger partial charge is 0.271 e. The Morgan fingerprint density at radius 2 is 1.85 bits per heavy atom. The molecule has 26 heavy (non-hydrogen) atoms. The Morgan fingerprint density at radius 1 is 1.08 bits per heavy atom. The zero-order valence-electron chi connectivity index (χ0n) is 13.7. The molecule has 0 saturated carbocycles. The van der Waals surface area contributed by atoms with Crippen molar-refractivity contribution in [1.82, 2.24) is 9.78 Å². The van der Waals surface area contributed by atoms with Crippen LogP contribution < -0.4 is 5.43 Å². The van der Waals surface area contributed by atoms with E-state index in [1.165, 1.54) is 22.9 Å². The molecule has 4 rings (SSSR count). The van der Waals surface area contributed by atoms with Crippen molar-refractivity contribution in [3.8, 4) is 17.0 Å². The first-order valence-electron chi connectivity index (χ1n) is 7.88. The normalized spacial score (nSPS) is 11.0. The lowest BCUT2D eigenvalue weighted by Gasteiger charge is -2.05. The highest BCUT2D eigenvalue weighted by Gasteiger charge is 2.18. The number of fused-ring (bicyclic) bond motifs is 1. The molecule has 0 amide bonds. The Kier molecular flexibility index (Phi) is 3.62. The van der Waals surface area contributed by atoms with Crippen LogP contribution in [-0.4, -0.2) is 14.7 Å². The van der Waals surface area contributed by atoms with Crippen molar-refractivity contribution in [2.75, 3.05) is 0 Å². The standard InChI is InChI=1S/C19H13N3O4/c1-12-18-16(23)11-17(13-6-3-2-4-7-13)26-19(18)21(20-12)14-8-5-9-15(10-14)22(24)25/h2-11H,1H3. The molecule has 0 atom stereocenters. The van der Waals surface area contributed by atoms with Gasteiger partial charge in [0.2, 0.25) is 5.71 Å². The van der Waals surface area contributed by atoms with Crippen LogP contribution in [0.4, 0.5) is 5.69 Å². The quantitative estimate of drug-likeness (QED) is 0.414. The molecule has 128 valence electrons. The maximum absolute atomic E-state index is 12.6. The van der Waals surface area contributed by atoms with Gasteiger partial charge in [-0.1, -0.05) is 36.4 Å². The van der Waals surface area contributed by atoms with Gasteiger partial charge < -0.3 is 4.42 Å². The maximum atomic E-state index is 12.6. The van der Waals surface area contributed by atoms with Crippen LogP contribution in [0.25, 0.3) is 28.1 Å². The number of hydrogen-bond acceptors (Lipinski definition) is 5. The third-order valence-electron chi connectivity index (χ3n) is 4.08. The Hall–Kier alpha value is -3.74. The Morgan fingerprint density at radius 3 is 2.58 bits per heavy atom. The molecule has 0 saturated heterocycles. The second kappa shape index (κ2) is 5.96. The lowest BCUT2D eigenvalue weighted by molar-refractivity contribution is -0.384. The Balaban J connectivity index is 1.99. The second-order valence-corrected chi connectivity index (χ2v) is 5.80. The van der Waals surface area contributed by atoms with E-state index in [9.17, 15) is 14.9 Å². The fourth-order valence-corrected chi connectivity index (χ4v) is 2.87. The number of nitro groups is 1. The first-order valence-corrected chi connectivity index (χ1v) is 7.88. The zero-order valence-corrected chi connectivity index (χ0v) is 13.7. The van der Waals surface area contributed by atoms with Gasteiger partial charge in [-0.05, 0) is 13.0 Å². The number of aromatic nitrogens is 2. The topological polar surface area (TPSA) is 91.2 Å². The van der Waals surface area contributed by atoms with E-state index in [0.29, 0.717) is 22.5 Å². The van der Waals surface area contributed by atoms with E-state index in [4.69, 9.17) is 4.42 Å².